The average Bonchev–Trinajstić information content (AvgIpc) is 2.44. The van der Waals surface area contributed by atoms with Crippen molar-refractivity contribution in [3.05, 3.63) is 41.6 Å². The molecule has 1 aliphatic rings. The lowest BCUT2D eigenvalue weighted by Crippen LogP contribution is -2.44. The number of fused-ring (bicyclic) bond motifs is 1. The van der Waals surface area contributed by atoms with E-state index in [4.69, 9.17) is 4.74 Å². The van der Waals surface area contributed by atoms with Gasteiger partial charge in [-0.15, -0.1) is 0 Å². The molecular weight excluding hydrogens is 287 g/mol. The summed E-state index contributed by atoms with van der Waals surface area (Å²) in [5.74, 6) is -3.00. The Kier molecular flexibility index (Phi) is 4.02. The van der Waals surface area contributed by atoms with Crippen molar-refractivity contribution in [2.24, 2.45) is 0 Å². The minimum Gasteiger partial charge on any atom is -0.464 e. The summed E-state index contributed by atoms with van der Waals surface area (Å²) in [6.45, 7) is 1.55. The number of ether oxygens (including phenoxy) is 1. The van der Waals surface area contributed by atoms with Crippen LogP contribution in [0, 0.1) is 0 Å². The van der Waals surface area contributed by atoms with Gasteiger partial charge in [-0.25, -0.2) is 4.79 Å². The van der Waals surface area contributed by atoms with Crippen LogP contribution in [0.5, 0.6) is 0 Å². The molecule has 0 radical (unpaired) electrons. The van der Waals surface area contributed by atoms with Gasteiger partial charge in [0.1, 0.15) is 0 Å². The van der Waals surface area contributed by atoms with Crippen molar-refractivity contribution < 1.29 is 27.5 Å². The molecule has 1 aromatic carbocycles. The van der Waals surface area contributed by atoms with Crippen LogP contribution in [-0.2, 0) is 14.3 Å². The number of halogens is 3. The van der Waals surface area contributed by atoms with Crippen molar-refractivity contribution in [3.8, 4) is 0 Å². The third-order valence-corrected chi connectivity index (χ3v) is 2.97. The molecule has 0 aromatic heterocycles. The molecule has 1 atom stereocenters. The first-order valence-corrected chi connectivity index (χ1v) is 6.19. The Hall–Kier alpha value is -2.31. The van der Waals surface area contributed by atoms with Gasteiger partial charge in [0.15, 0.2) is 6.04 Å². The highest BCUT2D eigenvalue weighted by molar-refractivity contribution is 5.91. The van der Waals surface area contributed by atoms with Crippen LogP contribution < -0.4 is 0 Å². The third kappa shape index (κ3) is 2.91. The summed E-state index contributed by atoms with van der Waals surface area (Å²) in [5.41, 5.74) is 0.873. The van der Waals surface area contributed by atoms with Crippen LogP contribution in [0.1, 0.15) is 24.1 Å². The Labute approximate surface area is 118 Å². The smallest absolute Gasteiger partial charge is 0.464 e. The molecule has 1 amide bonds. The minimum atomic E-state index is -5.07. The van der Waals surface area contributed by atoms with Crippen LogP contribution in [-0.4, -0.2) is 29.6 Å². The number of alkyl halides is 3. The fraction of sp³-hybridized carbons (Fsp3) is 0.286. The summed E-state index contributed by atoms with van der Waals surface area (Å²) in [6, 6.07) is 4.98. The molecular formula is C14H12F3NO3. The molecule has 0 saturated heterocycles. The lowest BCUT2D eigenvalue weighted by atomic mass is 9.96. The van der Waals surface area contributed by atoms with Gasteiger partial charge >= 0.3 is 18.1 Å². The molecule has 7 heteroatoms. The van der Waals surface area contributed by atoms with Crippen LogP contribution >= 0.6 is 0 Å². The second-order valence-corrected chi connectivity index (χ2v) is 4.31. The van der Waals surface area contributed by atoms with E-state index in [9.17, 15) is 22.8 Å². The number of amides is 1. The molecule has 112 valence electrons. The highest BCUT2D eigenvalue weighted by atomic mass is 19.4. The van der Waals surface area contributed by atoms with Crippen LogP contribution in [0.4, 0.5) is 13.2 Å². The zero-order valence-corrected chi connectivity index (χ0v) is 11.1. The lowest BCUT2D eigenvalue weighted by Gasteiger charge is -2.31. The molecule has 2 rings (SSSR count). The molecule has 4 nitrogen and oxygen atoms in total. The largest absolute Gasteiger partial charge is 0.471 e. The van der Waals surface area contributed by atoms with Crippen LogP contribution in [0.25, 0.3) is 6.08 Å². The number of hydrogen-bond donors (Lipinski definition) is 0. The summed E-state index contributed by atoms with van der Waals surface area (Å²) in [7, 11) is 0. The highest BCUT2D eigenvalue weighted by Crippen LogP contribution is 2.34. The van der Waals surface area contributed by atoms with Crippen LogP contribution in [0.2, 0.25) is 0 Å². The molecule has 1 unspecified atom stereocenters. The van der Waals surface area contributed by atoms with Gasteiger partial charge in [-0.3, -0.25) is 9.69 Å². The number of benzene rings is 1. The molecule has 1 heterocycles. The minimum absolute atomic E-state index is 0.00919. The summed E-state index contributed by atoms with van der Waals surface area (Å²) < 4.78 is 42.8. The normalized spacial score (nSPS) is 17.3. The molecule has 0 N–H and O–H groups in total. The number of carbonyl (C=O) groups is 2. The quantitative estimate of drug-likeness (QED) is 0.789. The molecule has 0 bridgehead atoms. The van der Waals surface area contributed by atoms with E-state index in [1.54, 1.807) is 25.1 Å². The second-order valence-electron chi connectivity index (χ2n) is 4.31. The van der Waals surface area contributed by atoms with E-state index in [1.807, 2.05) is 0 Å². The molecule has 0 fully saturated rings. The fourth-order valence-electron chi connectivity index (χ4n) is 2.10. The maximum absolute atomic E-state index is 12.7. The maximum Gasteiger partial charge on any atom is 0.471 e. The summed E-state index contributed by atoms with van der Waals surface area (Å²) in [6.07, 6.45) is -2.75. The first kappa shape index (κ1) is 15.1. The van der Waals surface area contributed by atoms with Crippen LogP contribution in [0.3, 0.4) is 0 Å². The van der Waals surface area contributed by atoms with E-state index in [1.165, 1.54) is 12.1 Å². The van der Waals surface area contributed by atoms with Crippen LogP contribution in [0.15, 0.2) is 30.5 Å². The van der Waals surface area contributed by atoms with Crippen molar-refractivity contribution in [1.82, 2.24) is 4.90 Å². The van der Waals surface area contributed by atoms with Gasteiger partial charge < -0.3 is 4.74 Å². The monoisotopic (exact) mass is 299 g/mol. The molecule has 0 saturated carbocycles. The van der Waals surface area contributed by atoms with Crippen molar-refractivity contribution in [2.45, 2.75) is 19.1 Å². The molecule has 1 aliphatic heterocycles. The number of rotatable bonds is 2. The molecule has 1 aromatic rings. The first-order chi connectivity index (χ1) is 9.86. The van der Waals surface area contributed by atoms with E-state index in [0.717, 1.165) is 6.20 Å². The van der Waals surface area contributed by atoms with E-state index >= 15 is 0 Å². The lowest BCUT2D eigenvalue weighted by molar-refractivity contribution is -0.187. The van der Waals surface area contributed by atoms with E-state index in [0.29, 0.717) is 16.0 Å². The second kappa shape index (κ2) is 5.59. The van der Waals surface area contributed by atoms with Gasteiger partial charge in [-0.2, -0.15) is 13.2 Å². The summed E-state index contributed by atoms with van der Waals surface area (Å²) >= 11 is 0. The molecule has 0 spiro atoms. The number of hydrogen-bond acceptors (Lipinski definition) is 3. The Balaban J connectivity index is 2.47. The highest BCUT2D eigenvalue weighted by Gasteiger charge is 2.47. The van der Waals surface area contributed by atoms with E-state index < -0.39 is 24.1 Å². The van der Waals surface area contributed by atoms with Gasteiger partial charge in [0.05, 0.1) is 6.61 Å². The first-order valence-electron chi connectivity index (χ1n) is 6.19. The topological polar surface area (TPSA) is 46.6 Å². The predicted molar refractivity (Wildman–Crippen MR) is 67.8 cm³/mol. The number of nitrogens with zero attached hydrogens (tertiary/aromatic N) is 1. The molecule has 21 heavy (non-hydrogen) atoms. The molecule has 0 aliphatic carbocycles. The van der Waals surface area contributed by atoms with Gasteiger partial charge in [0.25, 0.3) is 0 Å². The Morgan fingerprint density at radius 2 is 1.95 bits per heavy atom. The standard InChI is InChI=1S/C14H12F3NO3/c1-2-21-12(19)11-10-6-4-3-5-9(10)7-8-18(11)13(20)14(15,16)17/h3-8,11H,2H2,1H3. The van der Waals surface area contributed by atoms with Gasteiger partial charge in [-0.05, 0) is 24.1 Å². The fourth-order valence-corrected chi connectivity index (χ4v) is 2.10. The van der Waals surface area contributed by atoms with Crippen molar-refractivity contribution >= 4 is 18.0 Å². The third-order valence-electron chi connectivity index (χ3n) is 2.97. The Bertz CT molecular complexity index is 595. The van der Waals surface area contributed by atoms with Crippen molar-refractivity contribution in [3.63, 3.8) is 0 Å². The van der Waals surface area contributed by atoms with E-state index in [2.05, 4.69) is 0 Å². The zero-order chi connectivity index (χ0) is 15.6. The predicted octanol–water partition coefficient (Wildman–Crippen LogP) is 2.67. The number of carbonyl (C=O) groups excluding carboxylic acids is 2. The summed E-state index contributed by atoms with van der Waals surface area (Å²) in [4.78, 5) is 23.8. The van der Waals surface area contributed by atoms with Crippen molar-refractivity contribution in [1.29, 1.82) is 0 Å². The van der Waals surface area contributed by atoms with E-state index in [-0.39, 0.29) is 6.61 Å². The SMILES string of the molecule is CCOC(=O)C1c2ccccc2C=CN1C(=O)C(F)(F)F. The van der Waals surface area contributed by atoms with Gasteiger partial charge in [0.2, 0.25) is 0 Å². The number of esters is 1. The zero-order valence-electron chi connectivity index (χ0n) is 11.1. The Morgan fingerprint density at radius 1 is 1.29 bits per heavy atom. The average molecular weight is 299 g/mol. The summed E-state index contributed by atoms with van der Waals surface area (Å²) in [5, 5.41) is 0. The van der Waals surface area contributed by atoms with Gasteiger partial charge in [0, 0.05) is 6.20 Å². The van der Waals surface area contributed by atoms with Gasteiger partial charge in [-0.1, -0.05) is 24.3 Å². The van der Waals surface area contributed by atoms with Crippen molar-refractivity contribution in [2.75, 3.05) is 6.61 Å². The maximum atomic E-state index is 12.7. The Morgan fingerprint density at radius 3 is 2.57 bits per heavy atom.